The van der Waals surface area contributed by atoms with E-state index in [0.29, 0.717) is 10.8 Å². The van der Waals surface area contributed by atoms with Gasteiger partial charge in [-0.3, -0.25) is 0 Å². The van der Waals surface area contributed by atoms with Gasteiger partial charge in [0, 0.05) is 6.42 Å². The summed E-state index contributed by atoms with van der Waals surface area (Å²) in [6, 6.07) is 0. The van der Waals surface area contributed by atoms with Gasteiger partial charge in [-0.25, -0.2) is 0 Å². The van der Waals surface area contributed by atoms with E-state index in [1.54, 1.807) is 0 Å². The highest BCUT2D eigenvalue weighted by Gasteiger charge is 2.59. The summed E-state index contributed by atoms with van der Waals surface area (Å²) in [4.78, 5) is 10.8. The molecule has 1 heteroatoms. The van der Waals surface area contributed by atoms with Crippen LogP contribution in [-0.2, 0) is 4.79 Å². The van der Waals surface area contributed by atoms with E-state index >= 15 is 0 Å². The van der Waals surface area contributed by atoms with Gasteiger partial charge in [-0.2, -0.15) is 0 Å². The van der Waals surface area contributed by atoms with Gasteiger partial charge in [-0.15, -0.1) is 0 Å². The van der Waals surface area contributed by atoms with Gasteiger partial charge in [0.05, 0.1) is 0 Å². The molecule has 0 aromatic rings. The summed E-state index contributed by atoms with van der Waals surface area (Å²) in [5, 5.41) is 0. The van der Waals surface area contributed by atoms with Gasteiger partial charge in [0.1, 0.15) is 6.29 Å². The highest BCUT2D eigenvalue weighted by atomic mass is 16.1. The molecular formula is C24H40O. The van der Waals surface area contributed by atoms with Gasteiger partial charge >= 0.3 is 0 Å². The summed E-state index contributed by atoms with van der Waals surface area (Å²) in [7, 11) is 0. The quantitative estimate of drug-likeness (QED) is 0.522. The number of fused-ring (bicyclic) bond motifs is 5. The first-order valence-electron chi connectivity index (χ1n) is 11.4. The molecule has 4 fully saturated rings. The molecule has 25 heavy (non-hydrogen) atoms. The van der Waals surface area contributed by atoms with Crippen LogP contribution < -0.4 is 0 Å². The Hall–Kier alpha value is -0.330. The van der Waals surface area contributed by atoms with E-state index in [-0.39, 0.29) is 0 Å². The van der Waals surface area contributed by atoms with Crippen molar-refractivity contribution in [2.75, 3.05) is 0 Å². The highest BCUT2D eigenvalue weighted by molar-refractivity contribution is 5.49. The first-order valence-corrected chi connectivity index (χ1v) is 11.4. The van der Waals surface area contributed by atoms with Crippen molar-refractivity contribution in [1.29, 1.82) is 0 Å². The molecule has 8 atom stereocenters. The number of aldehydes is 1. The van der Waals surface area contributed by atoms with E-state index in [2.05, 4.69) is 20.8 Å². The summed E-state index contributed by atoms with van der Waals surface area (Å²) < 4.78 is 0. The number of carbonyl (C=O) groups excluding carboxylic acids is 1. The molecule has 0 radical (unpaired) electrons. The molecule has 0 amide bonds. The van der Waals surface area contributed by atoms with Crippen molar-refractivity contribution >= 4 is 6.29 Å². The number of hydrogen-bond donors (Lipinski definition) is 0. The van der Waals surface area contributed by atoms with Crippen LogP contribution in [0.5, 0.6) is 0 Å². The second-order valence-electron chi connectivity index (χ2n) is 10.9. The van der Waals surface area contributed by atoms with Crippen LogP contribution in [0.4, 0.5) is 0 Å². The summed E-state index contributed by atoms with van der Waals surface area (Å²) in [5.41, 5.74) is 1.24. The van der Waals surface area contributed by atoms with Crippen molar-refractivity contribution in [2.24, 2.45) is 46.3 Å². The van der Waals surface area contributed by atoms with Gasteiger partial charge in [0.25, 0.3) is 0 Å². The van der Waals surface area contributed by atoms with Crippen LogP contribution in [0, 0.1) is 46.3 Å². The van der Waals surface area contributed by atoms with E-state index in [0.717, 1.165) is 54.6 Å². The van der Waals surface area contributed by atoms with Crippen molar-refractivity contribution in [1.82, 2.24) is 0 Å². The second kappa shape index (κ2) is 6.68. The Kier molecular flexibility index (Phi) is 4.82. The fourth-order valence-electron chi connectivity index (χ4n) is 8.80. The Morgan fingerprint density at radius 3 is 2.52 bits per heavy atom. The molecule has 0 N–H and O–H groups in total. The molecule has 7 unspecified atom stereocenters. The molecule has 4 aliphatic carbocycles. The fourth-order valence-corrected chi connectivity index (χ4v) is 8.80. The molecule has 4 aliphatic rings. The molecule has 4 saturated carbocycles. The van der Waals surface area contributed by atoms with Crippen LogP contribution in [0.1, 0.15) is 97.8 Å². The Morgan fingerprint density at radius 2 is 1.72 bits per heavy atom. The number of carbonyl (C=O) groups is 1. The van der Waals surface area contributed by atoms with Crippen molar-refractivity contribution in [2.45, 2.75) is 97.8 Å². The van der Waals surface area contributed by atoms with Gasteiger partial charge in [0.15, 0.2) is 0 Å². The van der Waals surface area contributed by atoms with Crippen molar-refractivity contribution in [3.8, 4) is 0 Å². The molecule has 0 aliphatic heterocycles. The van der Waals surface area contributed by atoms with Gasteiger partial charge in [-0.05, 0) is 104 Å². The minimum absolute atomic E-state index is 0.571. The molecule has 0 saturated heterocycles. The van der Waals surface area contributed by atoms with Gasteiger partial charge < -0.3 is 4.79 Å². The lowest BCUT2D eigenvalue weighted by Crippen LogP contribution is -2.53. The number of hydrogen-bond acceptors (Lipinski definition) is 1. The predicted molar refractivity (Wildman–Crippen MR) is 104 cm³/mol. The van der Waals surface area contributed by atoms with Crippen LogP contribution in [0.3, 0.4) is 0 Å². The number of rotatable bonds is 4. The van der Waals surface area contributed by atoms with Crippen molar-refractivity contribution < 1.29 is 4.79 Å². The van der Waals surface area contributed by atoms with Crippen LogP contribution in [0.15, 0.2) is 0 Å². The highest BCUT2D eigenvalue weighted by Crippen LogP contribution is 2.68. The maximum atomic E-state index is 10.8. The van der Waals surface area contributed by atoms with Crippen LogP contribution >= 0.6 is 0 Å². The maximum Gasteiger partial charge on any atom is 0.120 e. The molecule has 0 aromatic carbocycles. The lowest BCUT2D eigenvalue weighted by molar-refractivity contribution is -0.115. The lowest BCUT2D eigenvalue weighted by Gasteiger charge is -2.61. The fraction of sp³-hybridized carbons (Fsp3) is 0.958. The SMILES string of the molecule is C[C@H](CCC=O)C1CCC2C3CCC4CCCCC4(C)C3CCC21C. The summed E-state index contributed by atoms with van der Waals surface area (Å²) >= 11 is 0. The monoisotopic (exact) mass is 344 g/mol. The summed E-state index contributed by atoms with van der Waals surface area (Å²) in [6.07, 6.45) is 18.0. The lowest BCUT2D eigenvalue weighted by atomic mass is 9.44. The smallest absolute Gasteiger partial charge is 0.120 e. The molecule has 4 rings (SSSR count). The normalized spacial score (nSPS) is 50.4. The second-order valence-corrected chi connectivity index (χ2v) is 10.9. The Labute approximate surface area is 155 Å². The average molecular weight is 345 g/mol. The first kappa shape index (κ1) is 18.1. The third-order valence-corrected chi connectivity index (χ3v) is 10.1. The van der Waals surface area contributed by atoms with E-state index < -0.39 is 0 Å². The van der Waals surface area contributed by atoms with E-state index in [1.807, 2.05) is 0 Å². The van der Waals surface area contributed by atoms with Crippen molar-refractivity contribution in [3.05, 3.63) is 0 Å². The van der Waals surface area contributed by atoms with E-state index in [4.69, 9.17) is 0 Å². The minimum atomic E-state index is 0.571. The first-order chi connectivity index (χ1) is 12.0. The van der Waals surface area contributed by atoms with Crippen LogP contribution in [-0.4, -0.2) is 6.29 Å². The zero-order valence-corrected chi connectivity index (χ0v) is 16.9. The largest absolute Gasteiger partial charge is 0.303 e. The van der Waals surface area contributed by atoms with E-state index in [1.165, 1.54) is 64.2 Å². The Balaban J connectivity index is 1.54. The standard InChI is InChI=1S/C24H40O/c1-17(7-6-16-25)20-11-12-21-19-10-9-18-8-4-5-14-23(18,2)22(19)13-15-24(20,21)3/h16-22H,4-15H2,1-3H3/t17-,18?,19?,20?,21?,22?,23?,24?/m1/s1. The predicted octanol–water partition coefficient (Wildman–Crippen LogP) is 6.65. The van der Waals surface area contributed by atoms with Crippen molar-refractivity contribution in [3.63, 3.8) is 0 Å². The summed E-state index contributed by atoms with van der Waals surface area (Å²) in [6.45, 7) is 7.78. The van der Waals surface area contributed by atoms with Crippen LogP contribution in [0.25, 0.3) is 0 Å². The Morgan fingerprint density at radius 1 is 0.920 bits per heavy atom. The summed E-state index contributed by atoms with van der Waals surface area (Å²) in [5.74, 6) is 5.66. The Bertz CT molecular complexity index is 498. The van der Waals surface area contributed by atoms with Gasteiger partial charge in [-0.1, -0.05) is 33.6 Å². The zero-order chi connectivity index (χ0) is 17.7. The molecule has 1 nitrogen and oxygen atoms in total. The van der Waals surface area contributed by atoms with Crippen LogP contribution in [0.2, 0.25) is 0 Å². The third kappa shape index (κ3) is 2.74. The topological polar surface area (TPSA) is 17.1 Å². The van der Waals surface area contributed by atoms with Gasteiger partial charge in [0.2, 0.25) is 0 Å². The minimum Gasteiger partial charge on any atom is -0.303 e. The molecule has 0 aromatic heterocycles. The molecule has 0 bridgehead atoms. The molecule has 142 valence electrons. The van der Waals surface area contributed by atoms with E-state index in [9.17, 15) is 4.79 Å². The molecule has 0 spiro atoms. The molecule has 0 heterocycles. The zero-order valence-electron chi connectivity index (χ0n) is 16.9. The molecular weight excluding hydrogens is 304 g/mol. The maximum absolute atomic E-state index is 10.8. The average Bonchev–Trinajstić information content (AvgIpc) is 2.96. The third-order valence-electron chi connectivity index (χ3n) is 10.1.